The van der Waals surface area contributed by atoms with E-state index in [1.807, 2.05) is 13.0 Å². The standard InChI is InChI=1S/C15H18F3N3/c1-14(6-8-19-9-7-14)13-20-11-4-2-3-5-12(11)21(13)10-15(16,17)18/h2-5,19H,6-10H2,1H3. The highest BCUT2D eigenvalue weighted by molar-refractivity contribution is 5.76. The Hall–Kier alpha value is -1.56. The number of para-hydroxylation sites is 2. The van der Waals surface area contributed by atoms with Gasteiger partial charge in [-0.1, -0.05) is 19.1 Å². The molecule has 6 heteroatoms. The molecule has 0 radical (unpaired) electrons. The highest BCUT2D eigenvalue weighted by Crippen LogP contribution is 2.35. The number of imidazole rings is 1. The van der Waals surface area contributed by atoms with Crippen LogP contribution in [0.2, 0.25) is 0 Å². The Labute approximate surface area is 121 Å². The summed E-state index contributed by atoms with van der Waals surface area (Å²) < 4.78 is 40.2. The van der Waals surface area contributed by atoms with Crippen LogP contribution in [0.3, 0.4) is 0 Å². The number of nitrogens with one attached hydrogen (secondary N) is 1. The summed E-state index contributed by atoms with van der Waals surface area (Å²) in [6.07, 6.45) is -2.65. The van der Waals surface area contributed by atoms with Gasteiger partial charge in [-0.3, -0.25) is 0 Å². The van der Waals surface area contributed by atoms with E-state index in [-0.39, 0.29) is 5.41 Å². The molecule has 0 aliphatic carbocycles. The molecule has 1 aliphatic heterocycles. The molecule has 1 aromatic carbocycles. The van der Waals surface area contributed by atoms with Gasteiger partial charge in [-0.05, 0) is 38.1 Å². The van der Waals surface area contributed by atoms with E-state index in [0.717, 1.165) is 25.9 Å². The monoisotopic (exact) mass is 297 g/mol. The fourth-order valence-electron chi connectivity index (χ4n) is 3.08. The quantitative estimate of drug-likeness (QED) is 0.922. The third-order valence-electron chi connectivity index (χ3n) is 4.24. The maximum atomic E-state index is 13.0. The molecular weight excluding hydrogens is 279 g/mol. The van der Waals surface area contributed by atoms with Crippen molar-refractivity contribution in [3.05, 3.63) is 30.1 Å². The number of fused-ring (bicyclic) bond motifs is 1. The van der Waals surface area contributed by atoms with E-state index in [9.17, 15) is 13.2 Å². The Morgan fingerprint density at radius 3 is 2.57 bits per heavy atom. The van der Waals surface area contributed by atoms with E-state index < -0.39 is 12.7 Å². The molecule has 21 heavy (non-hydrogen) atoms. The third-order valence-corrected chi connectivity index (χ3v) is 4.24. The van der Waals surface area contributed by atoms with Crippen molar-refractivity contribution in [2.75, 3.05) is 13.1 Å². The Morgan fingerprint density at radius 1 is 1.24 bits per heavy atom. The average molecular weight is 297 g/mol. The van der Waals surface area contributed by atoms with E-state index in [1.54, 1.807) is 18.2 Å². The number of halogens is 3. The zero-order valence-electron chi connectivity index (χ0n) is 11.9. The first kappa shape index (κ1) is 14.4. The van der Waals surface area contributed by atoms with Gasteiger partial charge in [0.2, 0.25) is 0 Å². The summed E-state index contributed by atoms with van der Waals surface area (Å²) in [5, 5.41) is 3.25. The van der Waals surface area contributed by atoms with Crippen LogP contribution < -0.4 is 5.32 Å². The second kappa shape index (κ2) is 5.02. The molecule has 0 spiro atoms. The van der Waals surface area contributed by atoms with Crippen molar-refractivity contribution in [1.82, 2.24) is 14.9 Å². The average Bonchev–Trinajstić information content (AvgIpc) is 2.78. The lowest BCUT2D eigenvalue weighted by atomic mass is 9.80. The van der Waals surface area contributed by atoms with Gasteiger partial charge in [-0.15, -0.1) is 0 Å². The molecule has 1 N–H and O–H groups in total. The first-order valence-corrected chi connectivity index (χ1v) is 7.12. The molecule has 2 heterocycles. The maximum Gasteiger partial charge on any atom is 0.406 e. The van der Waals surface area contributed by atoms with E-state index in [1.165, 1.54) is 4.57 Å². The minimum atomic E-state index is -4.25. The van der Waals surface area contributed by atoms with Crippen LogP contribution in [0.25, 0.3) is 11.0 Å². The minimum Gasteiger partial charge on any atom is -0.318 e. The summed E-state index contributed by atoms with van der Waals surface area (Å²) in [5.41, 5.74) is 0.885. The van der Waals surface area contributed by atoms with Gasteiger partial charge in [0.15, 0.2) is 0 Å². The lowest BCUT2D eigenvalue weighted by Crippen LogP contribution is -2.40. The predicted molar refractivity (Wildman–Crippen MR) is 75.2 cm³/mol. The Balaban J connectivity index is 2.14. The number of piperidine rings is 1. The molecule has 1 aromatic heterocycles. The van der Waals surface area contributed by atoms with E-state index in [4.69, 9.17) is 0 Å². The van der Waals surface area contributed by atoms with Crippen molar-refractivity contribution in [2.45, 2.75) is 37.9 Å². The first-order valence-electron chi connectivity index (χ1n) is 7.12. The van der Waals surface area contributed by atoms with Crippen molar-refractivity contribution in [3.63, 3.8) is 0 Å². The van der Waals surface area contributed by atoms with Crippen molar-refractivity contribution in [2.24, 2.45) is 0 Å². The van der Waals surface area contributed by atoms with Gasteiger partial charge < -0.3 is 9.88 Å². The fraction of sp³-hybridized carbons (Fsp3) is 0.533. The van der Waals surface area contributed by atoms with Crippen LogP contribution in [-0.4, -0.2) is 28.8 Å². The fourth-order valence-corrected chi connectivity index (χ4v) is 3.08. The molecule has 114 valence electrons. The molecule has 1 saturated heterocycles. The van der Waals surface area contributed by atoms with Crippen LogP contribution in [0.1, 0.15) is 25.6 Å². The van der Waals surface area contributed by atoms with E-state index in [2.05, 4.69) is 10.3 Å². The molecule has 3 rings (SSSR count). The maximum absolute atomic E-state index is 13.0. The SMILES string of the molecule is CC1(c2nc3ccccc3n2CC(F)(F)F)CCNCC1. The molecule has 0 amide bonds. The number of hydrogen-bond acceptors (Lipinski definition) is 2. The number of aromatic nitrogens is 2. The molecule has 0 unspecified atom stereocenters. The first-order chi connectivity index (χ1) is 9.89. The Bertz CT molecular complexity index is 639. The number of alkyl halides is 3. The molecule has 0 atom stereocenters. The normalized spacial score (nSPS) is 19.0. The van der Waals surface area contributed by atoms with Crippen LogP contribution >= 0.6 is 0 Å². The highest BCUT2D eigenvalue weighted by atomic mass is 19.4. The summed E-state index contributed by atoms with van der Waals surface area (Å²) in [6.45, 7) is 2.66. The van der Waals surface area contributed by atoms with Crippen LogP contribution in [0.5, 0.6) is 0 Å². The molecule has 0 saturated carbocycles. The molecule has 3 nitrogen and oxygen atoms in total. The van der Waals surface area contributed by atoms with Gasteiger partial charge in [0.1, 0.15) is 12.4 Å². The smallest absolute Gasteiger partial charge is 0.318 e. The molecule has 2 aromatic rings. The van der Waals surface area contributed by atoms with E-state index >= 15 is 0 Å². The Kier molecular flexibility index (Phi) is 3.43. The summed E-state index contributed by atoms with van der Waals surface area (Å²) in [5.74, 6) is 0.558. The van der Waals surface area contributed by atoms with Crippen molar-refractivity contribution in [1.29, 1.82) is 0 Å². The largest absolute Gasteiger partial charge is 0.406 e. The number of rotatable bonds is 2. The molecule has 0 bridgehead atoms. The van der Waals surface area contributed by atoms with Crippen LogP contribution in [0.4, 0.5) is 13.2 Å². The number of hydrogen-bond donors (Lipinski definition) is 1. The van der Waals surface area contributed by atoms with Gasteiger partial charge in [0, 0.05) is 5.41 Å². The van der Waals surface area contributed by atoms with Crippen molar-refractivity contribution in [3.8, 4) is 0 Å². The third kappa shape index (κ3) is 2.77. The van der Waals surface area contributed by atoms with Gasteiger partial charge >= 0.3 is 6.18 Å². The lowest BCUT2D eigenvalue weighted by molar-refractivity contribution is -0.140. The second-order valence-corrected chi connectivity index (χ2v) is 5.94. The minimum absolute atomic E-state index is 0.310. The second-order valence-electron chi connectivity index (χ2n) is 5.94. The lowest BCUT2D eigenvalue weighted by Gasteiger charge is -2.34. The zero-order chi connectivity index (χ0) is 15.1. The zero-order valence-corrected chi connectivity index (χ0v) is 11.9. The molecular formula is C15H18F3N3. The van der Waals surface area contributed by atoms with Crippen LogP contribution in [0, 0.1) is 0 Å². The molecule has 1 fully saturated rings. The van der Waals surface area contributed by atoms with Crippen LogP contribution in [0.15, 0.2) is 24.3 Å². The predicted octanol–water partition coefficient (Wildman–Crippen LogP) is 3.24. The summed E-state index contributed by atoms with van der Waals surface area (Å²) >= 11 is 0. The van der Waals surface area contributed by atoms with Gasteiger partial charge in [0.05, 0.1) is 11.0 Å². The topological polar surface area (TPSA) is 29.9 Å². The summed E-state index contributed by atoms with van der Waals surface area (Å²) in [4.78, 5) is 4.53. The number of benzene rings is 1. The van der Waals surface area contributed by atoms with Crippen molar-refractivity contribution < 1.29 is 13.2 Å². The van der Waals surface area contributed by atoms with Crippen LogP contribution in [-0.2, 0) is 12.0 Å². The summed E-state index contributed by atoms with van der Waals surface area (Å²) in [6, 6.07) is 7.05. The highest BCUT2D eigenvalue weighted by Gasteiger charge is 2.37. The van der Waals surface area contributed by atoms with Crippen molar-refractivity contribution >= 4 is 11.0 Å². The molecule has 1 aliphatic rings. The van der Waals surface area contributed by atoms with Gasteiger partial charge in [0.25, 0.3) is 0 Å². The van der Waals surface area contributed by atoms with Gasteiger partial charge in [-0.2, -0.15) is 13.2 Å². The summed E-state index contributed by atoms with van der Waals surface area (Å²) in [7, 11) is 0. The van der Waals surface area contributed by atoms with E-state index in [0.29, 0.717) is 16.9 Å². The Morgan fingerprint density at radius 2 is 1.90 bits per heavy atom. The van der Waals surface area contributed by atoms with Gasteiger partial charge in [-0.25, -0.2) is 4.98 Å². The number of nitrogens with zero attached hydrogens (tertiary/aromatic N) is 2.